The summed E-state index contributed by atoms with van der Waals surface area (Å²) in [7, 11) is 0. The fourth-order valence-electron chi connectivity index (χ4n) is 2.58. The zero-order valence-corrected chi connectivity index (χ0v) is 17.0. The summed E-state index contributed by atoms with van der Waals surface area (Å²) in [6.07, 6.45) is -4.98. The van der Waals surface area contributed by atoms with Gasteiger partial charge in [0.15, 0.2) is 0 Å². The molecule has 0 amide bonds. The molecule has 0 saturated heterocycles. The van der Waals surface area contributed by atoms with Gasteiger partial charge in [-0.15, -0.1) is 0 Å². The van der Waals surface area contributed by atoms with Crippen LogP contribution >= 0.6 is 0 Å². The fraction of sp³-hybridized carbons (Fsp3) is 0.625. The first-order valence-corrected chi connectivity index (χ1v) is 8.66. The van der Waals surface area contributed by atoms with Gasteiger partial charge in [0.1, 0.15) is 6.23 Å². The SMILES string of the molecule is CC(O)N(CC(=O)O)CC(=O)O.NC(CC(=O)O)(CC(=O)O)C(N)(CC(=O)O)CC(=O)O. The van der Waals surface area contributed by atoms with Crippen molar-refractivity contribution in [2.24, 2.45) is 11.5 Å². The van der Waals surface area contributed by atoms with Crippen LogP contribution in [0.3, 0.4) is 0 Å². The van der Waals surface area contributed by atoms with E-state index < -0.39 is 91.9 Å². The first kappa shape index (κ1) is 30.9. The van der Waals surface area contributed by atoms with Crippen LogP contribution in [0, 0.1) is 0 Å². The monoisotopic (exact) mass is 469 g/mol. The van der Waals surface area contributed by atoms with Crippen molar-refractivity contribution >= 4 is 35.8 Å². The number of hydrogen-bond acceptors (Lipinski definition) is 10. The molecule has 184 valence electrons. The molecule has 0 spiro atoms. The van der Waals surface area contributed by atoms with Gasteiger partial charge in [0.05, 0.1) is 49.9 Å². The van der Waals surface area contributed by atoms with E-state index in [9.17, 15) is 28.8 Å². The average Bonchev–Trinajstić information content (AvgIpc) is 2.50. The van der Waals surface area contributed by atoms with Crippen LogP contribution in [-0.2, 0) is 28.8 Å². The Morgan fingerprint density at radius 2 is 0.844 bits per heavy atom. The van der Waals surface area contributed by atoms with Crippen LogP contribution < -0.4 is 11.5 Å². The maximum atomic E-state index is 10.8. The first-order valence-electron chi connectivity index (χ1n) is 8.66. The predicted octanol–water partition coefficient (Wildman–Crippen LogP) is -2.92. The molecular formula is C16H27N3O13. The molecule has 0 heterocycles. The number of hydrogen-bond donors (Lipinski definition) is 9. The molecule has 0 fully saturated rings. The maximum Gasteiger partial charge on any atom is 0.317 e. The van der Waals surface area contributed by atoms with Crippen molar-refractivity contribution < 1.29 is 64.5 Å². The Bertz CT molecular complexity index is 634. The lowest BCUT2D eigenvalue weighted by Gasteiger charge is -2.42. The second-order valence-electron chi connectivity index (χ2n) is 6.92. The predicted molar refractivity (Wildman–Crippen MR) is 101 cm³/mol. The highest BCUT2D eigenvalue weighted by Gasteiger charge is 2.51. The van der Waals surface area contributed by atoms with Gasteiger partial charge in [0, 0.05) is 0 Å². The highest BCUT2D eigenvalue weighted by atomic mass is 16.4. The van der Waals surface area contributed by atoms with Gasteiger partial charge in [-0.25, -0.2) is 0 Å². The number of aliphatic carboxylic acids is 6. The molecule has 0 bridgehead atoms. The van der Waals surface area contributed by atoms with E-state index in [0.717, 1.165) is 4.90 Å². The van der Waals surface area contributed by atoms with Gasteiger partial charge in [-0.05, 0) is 6.92 Å². The van der Waals surface area contributed by atoms with E-state index in [1.54, 1.807) is 0 Å². The van der Waals surface area contributed by atoms with Crippen molar-refractivity contribution in [3.63, 3.8) is 0 Å². The molecule has 0 aliphatic rings. The van der Waals surface area contributed by atoms with Crippen LogP contribution in [-0.4, -0.2) is 107 Å². The highest BCUT2D eigenvalue weighted by molar-refractivity contribution is 5.78. The Kier molecular flexibility index (Phi) is 12.7. The van der Waals surface area contributed by atoms with Gasteiger partial charge < -0.3 is 47.2 Å². The van der Waals surface area contributed by atoms with E-state index in [1.165, 1.54) is 6.92 Å². The summed E-state index contributed by atoms with van der Waals surface area (Å²) in [5, 5.41) is 60.6. The number of carboxylic acid groups (broad SMARTS) is 6. The molecule has 0 aromatic carbocycles. The standard InChI is InChI=1S/C10H16N2O8.C6H11NO5/c11-9(1-5(13)14,2-6(15)16)10(12,3-7(17)18)4-8(19)20;1-4(8)7(2-5(9)10)3-6(11)12/h1-4,11-12H2,(H,13,14)(H,15,16)(H,17,18)(H,19,20);4,8H,2-3H2,1H3,(H,9,10)(H,11,12). The molecule has 0 rings (SSSR count). The van der Waals surface area contributed by atoms with Gasteiger partial charge in [-0.1, -0.05) is 0 Å². The lowest BCUT2D eigenvalue weighted by molar-refractivity contribution is -0.150. The molecule has 0 radical (unpaired) electrons. The van der Waals surface area contributed by atoms with Gasteiger partial charge in [0.2, 0.25) is 0 Å². The van der Waals surface area contributed by atoms with E-state index in [0.29, 0.717) is 0 Å². The van der Waals surface area contributed by atoms with E-state index in [-0.39, 0.29) is 0 Å². The molecule has 0 aliphatic heterocycles. The minimum Gasteiger partial charge on any atom is -0.481 e. The molecule has 16 nitrogen and oxygen atoms in total. The number of aliphatic hydroxyl groups excluding tert-OH is 1. The highest BCUT2D eigenvalue weighted by Crippen LogP contribution is 2.31. The summed E-state index contributed by atoms with van der Waals surface area (Å²) in [5.41, 5.74) is 6.88. The summed E-state index contributed by atoms with van der Waals surface area (Å²) in [6, 6.07) is 0. The number of rotatable bonds is 14. The number of carbonyl (C=O) groups is 6. The van der Waals surface area contributed by atoms with Crippen LogP contribution in [0.4, 0.5) is 0 Å². The number of nitrogens with zero attached hydrogens (tertiary/aromatic N) is 1. The minimum atomic E-state index is -2.22. The van der Waals surface area contributed by atoms with Crippen LogP contribution in [0.1, 0.15) is 32.6 Å². The maximum absolute atomic E-state index is 10.8. The molecule has 0 aliphatic carbocycles. The summed E-state index contributed by atoms with van der Waals surface area (Å²) in [6.45, 7) is 0.347. The third-order valence-electron chi connectivity index (χ3n) is 4.06. The van der Waals surface area contributed by atoms with Gasteiger partial charge in [-0.2, -0.15) is 0 Å². The smallest absolute Gasteiger partial charge is 0.317 e. The van der Waals surface area contributed by atoms with Gasteiger partial charge >= 0.3 is 35.8 Å². The summed E-state index contributed by atoms with van der Waals surface area (Å²) in [5.74, 6) is -8.40. The normalized spacial score (nSPS) is 12.3. The van der Waals surface area contributed by atoms with Crippen molar-refractivity contribution in [2.75, 3.05) is 13.1 Å². The Morgan fingerprint density at radius 1 is 0.625 bits per heavy atom. The van der Waals surface area contributed by atoms with Gasteiger partial charge in [-0.3, -0.25) is 33.7 Å². The van der Waals surface area contributed by atoms with Gasteiger partial charge in [0.25, 0.3) is 0 Å². The van der Waals surface area contributed by atoms with Crippen molar-refractivity contribution in [1.29, 1.82) is 0 Å². The molecule has 0 saturated carbocycles. The third kappa shape index (κ3) is 12.4. The van der Waals surface area contributed by atoms with Crippen molar-refractivity contribution in [2.45, 2.75) is 49.9 Å². The molecule has 16 heteroatoms. The third-order valence-corrected chi connectivity index (χ3v) is 4.06. The number of aliphatic hydroxyl groups is 1. The largest absolute Gasteiger partial charge is 0.481 e. The summed E-state index contributed by atoms with van der Waals surface area (Å²) in [4.78, 5) is 64.4. The summed E-state index contributed by atoms with van der Waals surface area (Å²) < 4.78 is 0. The second-order valence-corrected chi connectivity index (χ2v) is 6.92. The zero-order valence-electron chi connectivity index (χ0n) is 17.0. The zero-order chi connectivity index (χ0) is 25.9. The molecule has 32 heavy (non-hydrogen) atoms. The second kappa shape index (κ2) is 13.2. The molecule has 1 unspecified atom stereocenters. The molecular weight excluding hydrogens is 442 g/mol. The fourth-order valence-corrected chi connectivity index (χ4v) is 2.58. The van der Waals surface area contributed by atoms with Crippen LogP contribution in [0.25, 0.3) is 0 Å². The lowest BCUT2D eigenvalue weighted by Crippen LogP contribution is -2.68. The van der Waals surface area contributed by atoms with Crippen LogP contribution in [0.5, 0.6) is 0 Å². The Hall–Kier alpha value is -3.34. The quantitative estimate of drug-likeness (QED) is 0.115. The molecule has 11 N–H and O–H groups in total. The summed E-state index contributed by atoms with van der Waals surface area (Å²) >= 11 is 0. The Balaban J connectivity index is 0. The minimum absolute atomic E-state index is 0.482. The van der Waals surface area contributed by atoms with E-state index in [1.807, 2.05) is 0 Å². The molecule has 0 aromatic rings. The topological polar surface area (TPSA) is 299 Å². The van der Waals surface area contributed by atoms with Crippen LogP contribution in [0.15, 0.2) is 0 Å². The van der Waals surface area contributed by atoms with Crippen molar-refractivity contribution in [1.82, 2.24) is 4.90 Å². The average molecular weight is 469 g/mol. The van der Waals surface area contributed by atoms with E-state index in [4.69, 9.17) is 47.2 Å². The molecule has 1 atom stereocenters. The van der Waals surface area contributed by atoms with Crippen LogP contribution in [0.2, 0.25) is 0 Å². The van der Waals surface area contributed by atoms with E-state index in [2.05, 4.69) is 0 Å². The van der Waals surface area contributed by atoms with Crippen molar-refractivity contribution in [3.8, 4) is 0 Å². The number of nitrogens with two attached hydrogens (primary N) is 2. The Labute approximate surface area is 180 Å². The van der Waals surface area contributed by atoms with Crippen molar-refractivity contribution in [3.05, 3.63) is 0 Å². The lowest BCUT2D eigenvalue weighted by atomic mass is 9.69. The Morgan fingerprint density at radius 3 is 0.969 bits per heavy atom. The first-order chi connectivity index (χ1) is 14.3. The number of carboxylic acids is 6. The molecule has 0 aromatic heterocycles. The van der Waals surface area contributed by atoms with E-state index >= 15 is 0 Å².